The number of hydrogen-bond donors (Lipinski definition) is 2. The molecule has 4 nitrogen and oxygen atoms in total. The molecule has 82 valence electrons. The molecule has 0 saturated carbocycles. The third-order valence-electron chi connectivity index (χ3n) is 1.68. The molecule has 0 aliphatic rings. The van der Waals surface area contributed by atoms with E-state index in [2.05, 4.69) is 0 Å². The Morgan fingerprint density at radius 3 is 2.47 bits per heavy atom. The van der Waals surface area contributed by atoms with E-state index in [4.69, 9.17) is 15.6 Å². The molecule has 0 radical (unpaired) electrons. The van der Waals surface area contributed by atoms with Crippen LogP contribution in [0.25, 0.3) is 0 Å². The van der Waals surface area contributed by atoms with E-state index in [1.54, 1.807) is 0 Å². The highest BCUT2D eigenvalue weighted by Crippen LogP contribution is 2.26. The Kier molecular flexibility index (Phi) is 2.88. The molecule has 1 aromatic carbocycles. The van der Waals surface area contributed by atoms with E-state index in [0.717, 1.165) is 0 Å². The van der Waals surface area contributed by atoms with Gasteiger partial charge in [-0.25, -0.2) is 4.79 Å². The van der Waals surface area contributed by atoms with Gasteiger partial charge in [-0.3, -0.25) is 0 Å². The van der Waals surface area contributed by atoms with Crippen LogP contribution in [0.5, 0.6) is 5.75 Å². The molecule has 1 rings (SSSR count). The summed E-state index contributed by atoms with van der Waals surface area (Å²) in [6.07, 6.45) is 0. The number of hydrogen-bond acceptors (Lipinski definition) is 3. The Morgan fingerprint density at radius 2 is 2.00 bits per heavy atom. The SMILES string of the molecule is CC(C)(C)Oc1cc(C(=O)O)ccc1N. The maximum Gasteiger partial charge on any atom is 0.335 e. The van der Waals surface area contributed by atoms with Crippen LogP contribution in [0.1, 0.15) is 31.1 Å². The minimum absolute atomic E-state index is 0.170. The van der Waals surface area contributed by atoms with Crippen LogP contribution in [-0.4, -0.2) is 16.7 Å². The first-order chi connectivity index (χ1) is 6.79. The van der Waals surface area contributed by atoms with Crippen molar-refractivity contribution in [3.63, 3.8) is 0 Å². The van der Waals surface area contributed by atoms with Crippen LogP contribution >= 0.6 is 0 Å². The molecule has 4 heteroatoms. The minimum Gasteiger partial charge on any atom is -0.486 e. The fraction of sp³-hybridized carbons (Fsp3) is 0.364. The number of aromatic carboxylic acids is 1. The average Bonchev–Trinajstić information content (AvgIpc) is 2.06. The quantitative estimate of drug-likeness (QED) is 0.732. The molecule has 0 spiro atoms. The molecule has 0 bridgehead atoms. The van der Waals surface area contributed by atoms with Gasteiger partial charge >= 0.3 is 5.97 Å². The molecule has 15 heavy (non-hydrogen) atoms. The highest BCUT2D eigenvalue weighted by molar-refractivity contribution is 5.89. The summed E-state index contributed by atoms with van der Waals surface area (Å²) in [5.41, 5.74) is 5.89. The summed E-state index contributed by atoms with van der Waals surface area (Å²) in [6.45, 7) is 5.62. The molecular weight excluding hydrogens is 194 g/mol. The van der Waals surface area contributed by atoms with E-state index < -0.39 is 11.6 Å². The van der Waals surface area contributed by atoms with Gasteiger partial charge in [0.05, 0.1) is 11.3 Å². The summed E-state index contributed by atoms with van der Waals surface area (Å²) >= 11 is 0. The Labute approximate surface area is 88.7 Å². The monoisotopic (exact) mass is 209 g/mol. The number of benzene rings is 1. The van der Waals surface area contributed by atoms with Crippen molar-refractivity contribution in [3.8, 4) is 5.75 Å². The largest absolute Gasteiger partial charge is 0.486 e. The van der Waals surface area contributed by atoms with Gasteiger partial charge in [0.1, 0.15) is 11.4 Å². The van der Waals surface area contributed by atoms with Gasteiger partial charge in [-0.1, -0.05) is 0 Å². The standard InChI is InChI=1S/C11H15NO3/c1-11(2,3)15-9-6-7(10(13)14)4-5-8(9)12/h4-6H,12H2,1-3H3,(H,13,14). The number of nitrogen functional groups attached to an aromatic ring is 1. The van der Waals surface area contributed by atoms with Crippen molar-refractivity contribution in [1.82, 2.24) is 0 Å². The second-order valence-electron chi connectivity index (χ2n) is 4.27. The zero-order valence-electron chi connectivity index (χ0n) is 9.07. The van der Waals surface area contributed by atoms with Gasteiger partial charge in [-0.2, -0.15) is 0 Å². The van der Waals surface area contributed by atoms with Crippen molar-refractivity contribution < 1.29 is 14.6 Å². The Bertz CT molecular complexity index is 380. The maximum atomic E-state index is 10.7. The van der Waals surface area contributed by atoms with E-state index in [9.17, 15) is 4.79 Å². The van der Waals surface area contributed by atoms with Crippen LogP contribution in [0.3, 0.4) is 0 Å². The molecule has 0 aromatic heterocycles. The Morgan fingerprint density at radius 1 is 1.40 bits per heavy atom. The third-order valence-corrected chi connectivity index (χ3v) is 1.68. The summed E-state index contributed by atoms with van der Waals surface area (Å²) in [7, 11) is 0. The molecule has 3 N–H and O–H groups in total. The molecule has 0 fully saturated rings. The van der Waals surface area contributed by atoms with E-state index in [-0.39, 0.29) is 5.56 Å². The lowest BCUT2D eigenvalue weighted by molar-refractivity contribution is 0.0694. The zero-order chi connectivity index (χ0) is 11.6. The number of carbonyl (C=O) groups is 1. The predicted octanol–water partition coefficient (Wildman–Crippen LogP) is 2.14. The van der Waals surface area contributed by atoms with Gasteiger partial charge in [0, 0.05) is 0 Å². The molecule has 1 aromatic rings. The molecule has 0 heterocycles. The smallest absolute Gasteiger partial charge is 0.335 e. The maximum absolute atomic E-state index is 10.7. The van der Waals surface area contributed by atoms with Gasteiger partial charge in [0.15, 0.2) is 0 Å². The van der Waals surface area contributed by atoms with Crippen molar-refractivity contribution in [2.24, 2.45) is 0 Å². The first-order valence-corrected chi connectivity index (χ1v) is 4.61. The van der Waals surface area contributed by atoms with Crippen molar-refractivity contribution in [2.45, 2.75) is 26.4 Å². The van der Waals surface area contributed by atoms with Crippen LogP contribution in [0.15, 0.2) is 18.2 Å². The zero-order valence-corrected chi connectivity index (χ0v) is 9.07. The van der Waals surface area contributed by atoms with Gasteiger partial charge in [-0.15, -0.1) is 0 Å². The number of nitrogens with two attached hydrogens (primary N) is 1. The molecular formula is C11H15NO3. The van der Waals surface area contributed by atoms with Gasteiger partial charge in [-0.05, 0) is 39.0 Å². The first kappa shape index (κ1) is 11.4. The van der Waals surface area contributed by atoms with E-state index in [1.165, 1.54) is 18.2 Å². The topological polar surface area (TPSA) is 72.5 Å². The summed E-state index contributed by atoms with van der Waals surface area (Å²) in [5.74, 6) is -0.587. The minimum atomic E-state index is -0.992. The van der Waals surface area contributed by atoms with Crippen molar-refractivity contribution in [1.29, 1.82) is 0 Å². The normalized spacial score (nSPS) is 11.1. The van der Waals surface area contributed by atoms with Crippen molar-refractivity contribution >= 4 is 11.7 Å². The van der Waals surface area contributed by atoms with Crippen molar-refractivity contribution in [3.05, 3.63) is 23.8 Å². The van der Waals surface area contributed by atoms with Crippen LogP contribution < -0.4 is 10.5 Å². The lowest BCUT2D eigenvalue weighted by atomic mass is 10.1. The fourth-order valence-corrected chi connectivity index (χ4v) is 1.09. The third kappa shape index (κ3) is 3.16. The summed E-state index contributed by atoms with van der Waals surface area (Å²) in [4.78, 5) is 10.7. The molecule has 0 aliphatic heterocycles. The number of carboxylic acids is 1. The molecule has 0 saturated heterocycles. The van der Waals surface area contributed by atoms with E-state index in [0.29, 0.717) is 11.4 Å². The summed E-state index contributed by atoms with van der Waals surface area (Å²) < 4.78 is 5.53. The number of carboxylic acid groups (broad SMARTS) is 1. The van der Waals surface area contributed by atoms with Crippen LogP contribution in [0.4, 0.5) is 5.69 Å². The van der Waals surface area contributed by atoms with Crippen molar-refractivity contribution in [2.75, 3.05) is 5.73 Å². The van der Waals surface area contributed by atoms with E-state index >= 15 is 0 Å². The van der Waals surface area contributed by atoms with Crippen LogP contribution in [-0.2, 0) is 0 Å². The Hall–Kier alpha value is -1.71. The number of ether oxygens (including phenoxy) is 1. The average molecular weight is 209 g/mol. The first-order valence-electron chi connectivity index (χ1n) is 4.61. The number of rotatable bonds is 2. The number of anilines is 1. The highest BCUT2D eigenvalue weighted by Gasteiger charge is 2.15. The molecule has 0 atom stereocenters. The second kappa shape index (κ2) is 3.81. The molecule has 0 aliphatic carbocycles. The fourth-order valence-electron chi connectivity index (χ4n) is 1.09. The van der Waals surface area contributed by atoms with Crippen LogP contribution in [0, 0.1) is 0 Å². The second-order valence-corrected chi connectivity index (χ2v) is 4.27. The lowest BCUT2D eigenvalue weighted by Crippen LogP contribution is -2.23. The Balaban J connectivity index is 3.06. The van der Waals surface area contributed by atoms with Gasteiger partial charge in [0.2, 0.25) is 0 Å². The van der Waals surface area contributed by atoms with Gasteiger partial charge in [0.25, 0.3) is 0 Å². The summed E-state index contributed by atoms with van der Waals surface area (Å²) in [6, 6.07) is 4.42. The molecule has 0 unspecified atom stereocenters. The van der Waals surface area contributed by atoms with E-state index in [1.807, 2.05) is 20.8 Å². The summed E-state index contributed by atoms with van der Waals surface area (Å²) in [5, 5.41) is 8.80. The lowest BCUT2D eigenvalue weighted by Gasteiger charge is -2.22. The van der Waals surface area contributed by atoms with Gasteiger partial charge < -0.3 is 15.6 Å². The predicted molar refractivity (Wildman–Crippen MR) is 58.2 cm³/mol. The molecule has 0 amide bonds. The highest BCUT2D eigenvalue weighted by atomic mass is 16.5. The van der Waals surface area contributed by atoms with Crippen LogP contribution in [0.2, 0.25) is 0 Å².